The molecule has 2 saturated heterocycles. The zero-order valence-corrected chi connectivity index (χ0v) is 18.9. The van der Waals surface area contributed by atoms with Gasteiger partial charge in [-0.1, -0.05) is 18.2 Å². The van der Waals surface area contributed by atoms with Gasteiger partial charge in [0.15, 0.2) is 6.61 Å². The van der Waals surface area contributed by atoms with Crippen LogP contribution in [0.5, 0.6) is 11.5 Å². The second-order valence-electron chi connectivity index (χ2n) is 8.87. The van der Waals surface area contributed by atoms with Crippen LogP contribution < -0.4 is 9.47 Å². The quantitative estimate of drug-likeness (QED) is 0.515. The van der Waals surface area contributed by atoms with Crippen LogP contribution in [0.4, 0.5) is 22.0 Å². The predicted molar refractivity (Wildman–Crippen MR) is 116 cm³/mol. The van der Waals surface area contributed by atoms with Gasteiger partial charge in [0.05, 0.1) is 12.7 Å². The fraction of sp³-hybridized carbons (Fsp3) is 0.458. The molecule has 6 nitrogen and oxygen atoms in total. The number of alkyl halides is 5. The molecule has 0 saturated carbocycles. The third kappa shape index (κ3) is 5.51. The van der Waals surface area contributed by atoms with Gasteiger partial charge in [-0.2, -0.15) is 22.0 Å². The summed E-state index contributed by atoms with van der Waals surface area (Å²) in [7, 11) is 1.51. The van der Waals surface area contributed by atoms with E-state index in [1.54, 1.807) is 24.3 Å². The molecule has 11 heteroatoms. The van der Waals surface area contributed by atoms with E-state index in [1.165, 1.54) is 25.3 Å². The molecule has 190 valence electrons. The first-order valence-electron chi connectivity index (χ1n) is 11.0. The molecule has 2 bridgehead atoms. The van der Waals surface area contributed by atoms with E-state index in [2.05, 4.69) is 14.5 Å². The molecule has 2 aromatic rings. The third-order valence-corrected chi connectivity index (χ3v) is 6.52. The first kappa shape index (κ1) is 25.2. The molecule has 2 aromatic carbocycles. The second-order valence-corrected chi connectivity index (χ2v) is 8.87. The number of carboxylic acid groups (broad SMARTS) is 1. The third-order valence-electron chi connectivity index (χ3n) is 6.52. The van der Waals surface area contributed by atoms with Crippen molar-refractivity contribution in [1.82, 2.24) is 9.80 Å². The normalized spacial score (nSPS) is 20.9. The van der Waals surface area contributed by atoms with Gasteiger partial charge in [0.1, 0.15) is 11.5 Å². The number of carboxylic acids is 1. The van der Waals surface area contributed by atoms with E-state index in [9.17, 15) is 26.7 Å². The number of nitrogens with zero attached hydrogens (tertiary/aromatic N) is 2. The monoisotopic (exact) mass is 500 g/mol. The molecule has 0 unspecified atom stereocenters. The molecular weight excluding hydrogens is 475 g/mol. The molecule has 2 aliphatic rings. The Balaban J connectivity index is 1.30. The fourth-order valence-corrected chi connectivity index (χ4v) is 4.63. The van der Waals surface area contributed by atoms with Crippen LogP contribution in [0.3, 0.4) is 0 Å². The summed E-state index contributed by atoms with van der Waals surface area (Å²) < 4.78 is 72.9. The van der Waals surface area contributed by atoms with Gasteiger partial charge in [-0.15, -0.1) is 0 Å². The lowest BCUT2D eigenvalue weighted by atomic mass is 10.1. The summed E-state index contributed by atoms with van der Waals surface area (Å²) in [6.07, 6.45) is -4.66. The molecule has 2 aliphatic heterocycles. The van der Waals surface area contributed by atoms with Gasteiger partial charge >= 0.3 is 18.1 Å². The lowest BCUT2D eigenvalue weighted by molar-refractivity contribution is -0.290. The van der Waals surface area contributed by atoms with Crippen LogP contribution in [-0.2, 0) is 13.1 Å². The molecule has 2 heterocycles. The summed E-state index contributed by atoms with van der Waals surface area (Å²) in [5.74, 6) is -5.42. The molecule has 4 rings (SSSR count). The molecule has 2 fully saturated rings. The van der Waals surface area contributed by atoms with Crippen molar-refractivity contribution in [3.63, 3.8) is 0 Å². The van der Waals surface area contributed by atoms with Gasteiger partial charge in [-0.25, -0.2) is 4.79 Å². The van der Waals surface area contributed by atoms with Crippen molar-refractivity contribution in [1.29, 1.82) is 0 Å². The largest absolute Gasteiger partial charge is 0.496 e. The van der Waals surface area contributed by atoms with Crippen LogP contribution >= 0.6 is 0 Å². The van der Waals surface area contributed by atoms with Crippen LogP contribution in [0.25, 0.3) is 0 Å². The number of hydrogen-bond acceptors (Lipinski definition) is 5. The average molecular weight is 500 g/mol. The van der Waals surface area contributed by atoms with Crippen LogP contribution in [0.2, 0.25) is 0 Å². The molecule has 0 amide bonds. The number of hydrogen-bond donors (Lipinski definition) is 1. The topological polar surface area (TPSA) is 62.2 Å². The van der Waals surface area contributed by atoms with Crippen LogP contribution in [0.15, 0.2) is 42.5 Å². The first-order chi connectivity index (χ1) is 16.5. The van der Waals surface area contributed by atoms with E-state index in [-0.39, 0.29) is 11.3 Å². The van der Waals surface area contributed by atoms with Crippen LogP contribution in [-0.4, -0.2) is 71.9 Å². The van der Waals surface area contributed by atoms with Crippen molar-refractivity contribution >= 4 is 5.97 Å². The highest BCUT2D eigenvalue weighted by molar-refractivity contribution is 5.88. The summed E-state index contributed by atoms with van der Waals surface area (Å²) in [4.78, 5) is 15.9. The van der Waals surface area contributed by atoms with Crippen molar-refractivity contribution in [3.05, 3.63) is 59.2 Å². The summed E-state index contributed by atoms with van der Waals surface area (Å²) in [6, 6.07) is 11.7. The lowest BCUT2D eigenvalue weighted by Crippen LogP contribution is -2.45. The van der Waals surface area contributed by atoms with Gasteiger partial charge in [0, 0.05) is 43.8 Å². The molecule has 2 atom stereocenters. The highest BCUT2D eigenvalue weighted by Crippen LogP contribution is 2.36. The lowest BCUT2D eigenvalue weighted by Gasteiger charge is -2.34. The number of fused-ring (bicyclic) bond motifs is 2. The minimum Gasteiger partial charge on any atom is -0.496 e. The number of aromatic carboxylic acids is 1. The molecule has 0 spiro atoms. The number of halogens is 5. The van der Waals surface area contributed by atoms with E-state index in [0.717, 1.165) is 30.6 Å². The van der Waals surface area contributed by atoms with Gasteiger partial charge in [0.2, 0.25) is 0 Å². The molecule has 0 aromatic heterocycles. The zero-order valence-electron chi connectivity index (χ0n) is 18.9. The van der Waals surface area contributed by atoms with E-state index in [1.807, 2.05) is 0 Å². The molecule has 35 heavy (non-hydrogen) atoms. The Kier molecular flexibility index (Phi) is 6.92. The van der Waals surface area contributed by atoms with Crippen LogP contribution in [0, 0.1) is 0 Å². The number of ether oxygens (including phenoxy) is 2. The van der Waals surface area contributed by atoms with Gasteiger partial charge in [0.25, 0.3) is 0 Å². The number of rotatable bonds is 9. The summed E-state index contributed by atoms with van der Waals surface area (Å²) in [6.45, 7) is 1.18. The minimum absolute atomic E-state index is 0.0466. The van der Waals surface area contributed by atoms with Crippen LogP contribution in [0.1, 0.15) is 27.9 Å². The number of piperazine rings is 1. The predicted octanol–water partition coefficient (Wildman–Crippen LogP) is 4.43. The van der Waals surface area contributed by atoms with E-state index >= 15 is 0 Å². The molecule has 0 radical (unpaired) electrons. The van der Waals surface area contributed by atoms with Crippen molar-refractivity contribution in [2.75, 3.05) is 26.8 Å². The Bertz CT molecular complexity index is 1060. The molecule has 1 N–H and O–H groups in total. The van der Waals surface area contributed by atoms with Crippen molar-refractivity contribution < 1.29 is 41.3 Å². The number of benzene rings is 2. The maximum Gasteiger partial charge on any atom is 0.456 e. The fourth-order valence-electron chi connectivity index (χ4n) is 4.63. The Morgan fingerprint density at radius 2 is 1.63 bits per heavy atom. The Morgan fingerprint density at radius 1 is 1.00 bits per heavy atom. The summed E-state index contributed by atoms with van der Waals surface area (Å²) in [5, 5.41) is 9.17. The molecular formula is C24H25F5N2O4. The maximum absolute atomic E-state index is 13.0. The Morgan fingerprint density at radius 3 is 2.17 bits per heavy atom. The zero-order chi connectivity index (χ0) is 25.4. The average Bonchev–Trinajstić information content (AvgIpc) is 3.38. The maximum atomic E-state index is 13.0. The van der Waals surface area contributed by atoms with Gasteiger partial charge in [-0.05, 0) is 36.2 Å². The smallest absolute Gasteiger partial charge is 0.456 e. The molecule has 0 aliphatic carbocycles. The number of likely N-dealkylation sites (tertiary alicyclic amines) is 2. The number of carbonyl (C=O) groups is 1. The second kappa shape index (κ2) is 9.62. The Hall–Kier alpha value is -2.92. The highest BCUT2D eigenvalue weighted by atomic mass is 19.4. The first-order valence-corrected chi connectivity index (χ1v) is 11.0. The highest BCUT2D eigenvalue weighted by Gasteiger charge is 2.58. The minimum atomic E-state index is -5.65. The number of methoxy groups -OCH3 is 1. The SMILES string of the molecule is COc1cc(C(=O)O)ccc1CN1C[C@@H]2C[C@H]1CN2Cc1ccc(OCC(F)(F)C(F)(F)F)cc1. The van der Waals surface area contributed by atoms with E-state index < -0.39 is 24.7 Å². The van der Waals surface area contributed by atoms with E-state index in [0.29, 0.717) is 30.9 Å². The van der Waals surface area contributed by atoms with Crippen molar-refractivity contribution in [3.8, 4) is 11.5 Å². The Labute approximate surface area is 198 Å². The van der Waals surface area contributed by atoms with Gasteiger partial charge in [-0.3, -0.25) is 9.80 Å². The van der Waals surface area contributed by atoms with Gasteiger partial charge < -0.3 is 14.6 Å². The standard InChI is InChI=1S/C24H25F5N2O4/c1-34-21-8-16(22(32)33)4-5-17(21)11-31-13-18-9-19(31)12-30(18)10-15-2-6-20(7-3-15)35-14-23(25,26)24(27,28)29/h2-8,18-19H,9-14H2,1H3,(H,32,33)/t18-,19-/m0/s1. The van der Waals surface area contributed by atoms with Crippen molar-refractivity contribution in [2.24, 2.45) is 0 Å². The summed E-state index contributed by atoms with van der Waals surface area (Å²) in [5.41, 5.74) is 2.00. The summed E-state index contributed by atoms with van der Waals surface area (Å²) >= 11 is 0. The van der Waals surface area contributed by atoms with E-state index in [4.69, 9.17) is 9.84 Å². The van der Waals surface area contributed by atoms with Crippen molar-refractivity contribution in [2.45, 2.75) is 43.7 Å².